The molecule has 0 radical (unpaired) electrons. The minimum absolute atomic E-state index is 0.110. The van der Waals surface area contributed by atoms with Crippen LogP contribution < -0.4 is 5.73 Å². The van der Waals surface area contributed by atoms with Crippen molar-refractivity contribution in [3.05, 3.63) is 35.4 Å². The van der Waals surface area contributed by atoms with Crippen LogP contribution in [0.5, 0.6) is 0 Å². The molecule has 1 saturated heterocycles. The van der Waals surface area contributed by atoms with Gasteiger partial charge in [-0.3, -0.25) is 4.90 Å². The normalized spacial score (nSPS) is 28.1. The molecule has 19 heavy (non-hydrogen) atoms. The van der Waals surface area contributed by atoms with Crippen molar-refractivity contribution in [1.29, 1.82) is 0 Å². The van der Waals surface area contributed by atoms with E-state index >= 15 is 0 Å². The third-order valence-corrected chi connectivity index (χ3v) is 3.85. The quantitative estimate of drug-likeness (QED) is 0.909. The fourth-order valence-electron chi connectivity index (χ4n) is 3.18. The van der Waals surface area contributed by atoms with Crippen molar-refractivity contribution in [2.24, 2.45) is 5.73 Å². The molecule has 3 nitrogen and oxygen atoms in total. The number of aryl methyl sites for hydroxylation is 1. The zero-order valence-electron chi connectivity index (χ0n) is 12.5. The topological polar surface area (TPSA) is 38.5 Å². The van der Waals surface area contributed by atoms with Crippen molar-refractivity contribution in [1.82, 2.24) is 4.90 Å². The lowest BCUT2D eigenvalue weighted by Gasteiger charge is -2.42. The van der Waals surface area contributed by atoms with E-state index in [0.29, 0.717) is 0 Å². The molecule has 3 heteroatoms. The molecular weight excluding hydrogens is 236 g/mol. The fraction of sp³-hybridized carbons (Fsp3) is 0.625. The van der Waals surface area contributed by atoms with Gasteiger partial charge >= 0.3 is 0 Å². The Morgan fingerprint density at radius 2 is 1.79 bits per heavy atom. The first-order valence-corrected chi connectivity index (χ1v) is 7.19. The summed E-state index contributed by atoms with van der Waals surface area (Å²) in [6.07, 6.45) is 0.544. The summed E-state index contributed by atoms with van der Waals surface area (Å²) in [6.45, 7) is 10.4. The molecular formula is C16H26N2O. The van der Waals surface area contributed by atoms with Crippen molar-refractivity contribution in [2.45, 2.75) is 52.0 Å². The Bertz CT molecular complexity index is 409. The van der Waals surface area contributed by atoms with Crippen LogP contribution in [0.3, 0.4) is 0 Å². The Morgan fingerprint density at radius 1 is 1.21 bits per heavy atom. The zero-order chi connectivity index (χ0) is 14.0. The van der Waals surface area contributed by atoms with Crippen LogP contribution in [0.2, 0.25) is 0 Å². The number of nitrogens with zero attached hydrogens (tertiary/aromatic N) is 1. The third kappa shape index (κ3) is 3.35. The first-order valence-electron chi connectivity index (χ1n) is 7.19. The molecule has 0 amide bonds. The highest BCUT2D eigenvalue weighted by Crippen LogP contribution is 2.29. The summed E-state index contributed by atoms with van der Waals surface area (Å²) >= 11 is 0. The smallest absolute Gasteiger partial charge is 0.0678 e. The Morgan fingerprint density at radius 3 is 2.32 bits per heavy atom. The lowest BCUT2D eigenvalue weighted by atomic mass is 9.94. The highest BCUT2D eigenvalue weighted by atomic mass is 16.5. The van der Waals surface area contributed by atoms with Crippen LogP contribution in [-0.4, -0.2) is 36.2 Å². The average molecular weight is 262 g/mol. The molecule has 4 atom stereocenters. The van der Waals surface area contributed by atoms with Crippen LogP contribution in [0.4, 0.5) is 0 Å². The zero-order valence-corrected chi connectivity index (χ0v) is 12.5. The largest absolute Gasteiger partial charge is 0.373 e. The number of nitrogens with two attached hydrogens (primary N) is 1. The maximum absolute atomic E-state index is 6.28. The molecule has 0 aromatic heterocycles. The number of ether oxygens (including phenoxy) is 1. The maximum Gasteiger partial charge on any atom is 0.0678 e. The second-order valence-electron chi connectivity index (χ2n) is 5.87. The second-order valence-corrected chi connectivity index (χ2v) is 5.87. The summed E-state index contributed by atoms with van der Waals surface area (Å²) < 4.78 is 5.83. The van der Waals surface area contributed by atoms with Crippen molar-refractivity contribution < 1.29 is 4.74 Å². The lowest BCUT2D eigenvalue weighted by Crippen LogP contribution is -2.50. The third-order valence-electron chi connectivity index (χ3n) is 3.85. The highest BCUT2D eigenvalue weighted by molar-refractivity contribution is 5.30. The number of rotatable bonds is 3. The van der Waals surface area contributed by atoms with E-state index in [2.05, 4.69) is 56.9 Å². The van der Waals surface area contributed by atoms with E-state index in [4.69, 9.17) is 10.5 Å². The highest BCUT2D eigenvalue weighted by Gasteiger charge is 2.31. The van der Waals surface area contributed by atoms with E-state index in [9.17, 15) is 0 Å². The molecule has 0 aliphatic carbocycles. The SMILES string of the molecule is Cc1ccccc1C(C(C)N)N1C[C@@H](C)O[C@@H](C)C1. The number of morpholine rings is 1. The lowest BCUT2D eigenvalue weighted by molar-refractivity contribution is -0.0831. The summed E-state index contributed by atoms with van der Waals surface area (Å²) in [5.41, 5.74) is 8.94. The Kier molecular flexibility index (Phi) is 4.61. The fourth-order valence-corrected chi connectivity index (χ4v) is 3.18. The van der Waals surface area contributed by atoms with E-state index in [1.807, 2.05) is 0 Å². The van der Waals surface area contributed by atoms with Gasteiger partial charge in [-0.05, 0) is 38.8 Å². The van der Waals surface area contributed by atoms with E-state index in [0.717, 1.165) is 13.1 Å². The minimum Gasteiger partial charge on any atom is -0.373 e. The van der Waals surface area contributed by atoms with Gasteiger partial charge < -0.3 is 10.5 Å². The second kappa shape index (κ2) is 6.04. The molecule has 2 unspecified atom stereocenters. The first kappa shape index (κ1) is 14.5. The van der Waals surface area contributed by atoms with Crippen molar-refractivity contribution in [3.63, 3.8) is 0 Å². The molecule has 2 rings (SSSR count). The molecule has 1 fully saturated rings. The van der Waals surface area contributed by atoms with Gasteiger partial charge in [-0.1, -0.05) is 24.3 Å². The maximum atomic E-state index is 6.28. The minimum atomic E-state index is 0.110. The summed E-state index contributed by atoms with van der Waals surface area (Å²) in [5.74, 6) is 0. The van der Waals surface area contributed by atoms with Gasteiger partial charge in [0.2, 0.25) is 0 Å². The van der Waals surface area contributed by atoms with Crippen molar-refractivity contribution in [2.75, 3.05) is 13.1 Å². The Balaban J connectivity index is 2.28. The van der Waals surface area contributed by atoms with E-state index in [1.165, 1.54) is 11.1 Å². The standard InChI is InChI=1S/C16H26N2O/c1-11-7-5-6-8-15(11)16(14(4)17)18-9-12(2)19-13(3)10-18/h5-8,12-14,16H,9-10,17H2,1-4H3/t12-,13+,14?,16?. The van der Waals surface area contributed by atoms with Crippen LogP contribution in [0.1, 0.15) is 37.9 Å². The Labute approximate surface area is 116 Å². The van der Waals surface area contributed by atoms with Gasteiger partial charge in [0.05, 0.1) is 18.2 Å². The van der Waals surface area contributed by atoms with Crippen LogP contribution in [-0.2, 0) is 4.74 Å². The number of hydrogen-bond donors (Lipinski definition) is 1. The van der Waals surface area contributed by atoms with E-state index < -0.39 is 0 Å². The molecule has 2 N–H and O–H groups in total. The van der Waals surface area contributed by atoms with Gasteiger partial charge in [0.15, 0.2) is 0 Å². The molecule has 1 aromatic rings. The predicted molar refractivity (Wildman–Crippen MR) is 79.2 cm³/mol. The van der Waals surface area contributed by atoms with Gasteiger partial charge in [-0.25, -0.2) is 0 Å². The molecule has 0 saturated carbocycles. The molecule has 106 valence electrons. The molecule has 1 aliphatic rings. The summed E-state index contributed by atoms with van der Waals surface area (Å²) in [6, 6.07) is 8.94. The van der Waals surface area contributed by atoms with Crippen LogP contribution in [0.15, 0.2) is 24.3 Å². The van der Waals surface area contributed by atoms with Crippen LogP contribution >= 0.6 is 0 Å². The van der Waals surface area contributed by atoms with Gasteiger partial charge in [0.1, 0.15) is 0 Å². The monoisotopic (exact) mass is 262 g/mol. The van der Waals surface area contributed by atoms with Crippen molar-refractivity contribution in [3.8, 4) is 0 Å². The number of hydrogen-bond acceptors (Lipinski definition) is 3. The van der Waals surface area contributed by atoms with Gasteiger partial charge in [-0.2, -0.15) is 0 Å². The van der Waals surface area contributed by atoms with E-state index in [1.54, 1.807) is 0 Å². The van der Waals surface area contributed by atoms with Crippen LogP contribution in [0, 0.1) is 6.92 Å². The first-order chi connectivity index (χ1) is 8.99. The predicted octanol–water partition coefficient (Wildman–Crippen LogP) is 2.49. The van der Waals surface area contributed by atoms with Crippen LogP contribution in [0.25, 0.3) is 0 Å². The molecule has 0 bridgehead atoms. The molecule has 1 aliphatic heterocycles. The number of benzene rings is 1. The van der Waals surface area contributed by atoms with Gasteiger partial charge in [-0.15, -0.1) is 0 Å². The van der Waals surface area contributed by atoms with E-state index in [-0.39, 0.29) is 24.3 Å². The summed E-state index contributed by atoms with van der Waals surface area (Å²) in [7, 11) is 0. The van der Waals surface area contributed by atoms with Crippen molar-refractivity contribution >= 4 is 0 Å². The molecule has 1 aromatic carbocycles. The summed E-state index contributed by atoms with van der Waals surface area (Å²) in [4.78, 5) is 2.48. The van der Waals surface area contributed by atoms with Gasteiger partial charge in [0, 0.05) is 19.1 Å². The summed E-state index contributed by atoms with van der Waals surface area (Å²) in [5, 5.41) is 0. The van der Waals surface area contributed by atoms with Gasteiger partial charge in [0.25, 0.3) is 0 Å². The molecule has 1 heterocycles. The molecule has 0 spiro atoms. The average Bonchev–Trinajstić information content (AvgIpc) is 2.30. The Hall–Kier alpha value is -0.900.